The summed E-state index contributed by atoms with van der Waals surface area (Å²) in [6.07, 6.45) is 1.25. The molecule has 3 N–H and O–H groups in total. The fraction of sp³-hybridized carbons (Fsp3) is 0.900. The predicted octanol–water partition coefficient (Wildman–Crippen LogP) is 1.29. The Morgan fingerprint density at radius 3 is 2.54 bits per heavy atom. The number of nitrogens with zero attached hydrogens (tertiary/aromatic N) is 1. The quantitative estimate of drug-likeness (QED) is 0.500. The molecule has 1 rings (SSSR count). The molecule has 3 nitrogen and oxygen atoms in total. The van der Waals surface area contributed by atoms with Crippen LogP contribution < -0.4 is 5.73 Å². The van der Waals surface area contributed by atoms with E-state index < -0.39 is 0 Å². The third-order valence-corrected chi connectivity index (χ3v) is 2.89. The summed E-state index contributed by atoms with van der Waals surface area (Å²) in [5.74, 6) is 1.04. The Morgan fingerprint density at radius 2 is 2.15 bits per heavy atom. The number of likely N-dealkylation sites (tertiary alicyclic amines) is 1. The minimum atomic E-state index is 0.287. The Morgan fingerprint density at radius 1 is 1.54 bits per heavy atom. The maximum absolute atomic E-state index is 7.22. The van der Waals surface area contributed by atoms with E-state index in [9.17, 15) is 0 Å². The zero-order chi connectivity index (χ0) is 10.1. The number of nitrogens with one attached hydrogen (secondary N) is 1. The van der Waals surface area contributed by atoms with Gasteiger partial charge in [0, 0.05) is 6.54 Å². The second-order valence-corrected chi connectivity index (χ2v) is 5.11. The minimum Gasteiger partial charge on any atom is -0.387 e. The van der Waals surface area contributed by atoms with Crippen LogP contribution in [0.15, 0.2) is 0 Å². The number of hydrogen-bond donors (Lipinski definition) is 2. The van der Waals surface area contributed by atoms with Crippen LogP contribution in [0.4, 0.5) is 0 Å². The molecule has 0 spiro atoms. The Bertz CT molecular complexity index is 193. The fourth-order valence-electron chi connectivity index (χ4n) is 1.92. The Labute approximate surface area is 80.8 Å². The highest BCUT2D eigenvalue weighted by Crippen LogP contribution is 2.33. The summed E-state index contributed by atoms with van der Waals surface area (Å²) in [7, 11) is 0. The highest BCUT2D eigenvalue weighted by Gasteiger charge is 2.31. The summed E-state index contributed by atoms with van der Waals surface area (Å²) in [4.78, 5) is 2.28. The van der Waals surface area contributed by atoms with Gasteiger partial charge < -0.3 is 5.73 Å². The monoisotopic (exact) mass is 183 g/mol. The van der Waals surface area contributed by atoms with Gasteiger partial charge in [-0.15, -0.1) is 0 Å². The molecule has 1 unspecified atom stereocenters. The molecule has 0 aromatic rings. The largest absolute Gasteiger partial charge is 0.387 e. The van der Waals surface area contributed by atoms with Gasteiger partial charge in [-0.2, -0.15) is 0 Å². The number of nitrogens with two attached hydrogens (primary N) is 1. The van der Waals surface area contributed by atoms with Gasteiger partial charge in [-0.25, -0.2) is 0 Å². The molecule has 1 fully saturated rings. The summed E-state index contributed by atoms with van der Waals surface area (Å²) in [5.41, 5.74) is 5.76. The predicted molar refractivity (Wildman–Crippen MR) is 55.9 cm³/mol. The molecule has 1 atom stereocenters. The molecule has 1 aliphatic rings. The molecule has 0 radical (unpaired) electrons. The van der Waals surface area contributed by atoms with Crippen molar-refractivity contribution in [2.24, 2.45) is 17.1 Å². The van der Waals surface area contributed by atoms with Gasteiger partial charge in [0.25, 0.3) is 0 Å². The van der Waals surface area contributed by atoms with E-state index >= 15 is 0 Å². The van der Waals surface area contributed by atoms with Crippen molar-refractivity contribution in [1.82, 2.24) is 4.90 Å². The van der Waals surface area contributed by atoms with E-state index in [4.69, 9.17) is 11.1 Å². The molecule has 13 heavy (non-hydrogen) atoms. The van der Waals surface area contributed by atoms with Crippen molar-refractivity contribution >= 4 is 5.84 Å². The van der Waals surface area contributed by atoms with Crippen LogP contribution in [-0.2, 0) is 0 Å². The molecule has 1 saturated heterocycles. The van der Waals surface area contributed by atoms with Crippen LogP contribution in [0.25, 0.3) is 0 Å². The number of hydrogen-bond acceptors (Lipinski definition) is 2. The van der Waals surface area contributed by atoms with Gasteiger partial charge in [-0.1, -0.05) is 20.8 Å². The molecule has 76 valence electrons. The van der Waals surface area contributed by atoms with Crippen molar-refractivity contribution in [2.75, 3.05) is 19.6 Å². The van der Waals surface area contributed by atoms with E-state index in [0.29, 0.717) is 12.0 Å². The summed E-state index contributed by atoms with van der Waals surface area (Å²) in [5, 5.41) is 7.22. The lowest BCUT2D eigenvalue weighted by molar-refractivity contribution is 0.237. The standard InChI is InChI=1S/C10H21N3/c1-10(2,3)8-4-5-13(6-8)7-9(11)12/h8H,4-7H2,1-3H3,(H3,11,12). The second kappa shape index (κ2) is 3.66. The molecule has 0 aliphatic carbocycles. The summed E-state index contributed by atoms with van der Waals surface area (Å²) in [6, 6.07) is 0. The smallest absolute Gasteiger partial charge is 0.105 e. The van der Waals surface area contributed by atoms with E-state index in [2.05, 4.69) is 25.7 Å². The van der Waals surface area contributed by atoms with Crippen molar-refractivity contribution < 1.29 is 0 Å². The molecule has 0 amide bonds. The van der Waals surface area contributed by atoms with Crippen molar-refractivity contribution in [2.45, 2.75) is 27.2 Å². The van der Waals surface area contributed by atoms with Crippen LogP contribution >= 0.6 is 0 Å². The second-order valence-electron chi connectivity index (χ2n) is 5.11. The van der Waals surface area contributed by atoms with E-state index in [0.717, 1.165) is 19.0 Å². The molecule has 0 aromatic carbocycles. The summed E-state index contributed by atoms with van der Waals surface area (Å²) in [6.45, 7) is 9.70. The maximum Gasteiger partial charge on any atom is 0.105 e. The summed E-state index contributed by atoms with van der Waals surface area (Å²) >= 11 is 0. The third-order valence-electron chi connectivity index (χ3n) is 2.89. The number of amidine groups is 1. The highest BCUT2D eigenvalue weighted by molar-refractivity contribution is 5.78. The van der Waals surface area contributed by atoms with Crippen molar-refractivity contribution in [3.05, 3.63) is 0 Å². The van der Waals surface area contributed by atoms with Crippen LogP contribution in [0.2, 0.25) is 0 Å². The first kappa shape index (κ1) is 10.5. The van der Waals surface area contributed by atoms with Crippen molar-refractivity contribution in [3.63, 3.8) is 0 Å². The lowest BCUT2D eigenvalue weighted by Crippen LogP contribution is -2.33. The first-order valence-corrected chi connectivity index (χ1v) is 4.95. The molecular weight excluding hydrogens is 162 g/mol. The Balaban J connectivity index is 2.41. The first-order valence-electron chi connectivity index (χ1n) is 4.95. The maximum atomic E-state index is 7.22. The van der Waals surface area contributed by atoms with Crippen molar-refractivity contribution in [3.8, 4) is 0 Å². The van der Waals surface area contributed by atoms with Gasteiger partial charge in [-0.05, 0) is 24.3 Å². The number of rotatable bonds is 2. The van der Waals surface area contributed by atoms with Crippen LogP contribution in [0.1, 0.15) is 27.2 Å². The first-order chi connectivity index (χ1) is 5.89. The van der Waals surface area contributed by atoms with E-state index in [1.165, 1.54) is 6.42 Å². The average molecular weight is 183 g/mol. The molecule has 0 saturated carbocycles. The van der Waals surface area contributed by atoms with Crippen LogP contribution in [0.3, 0.4) is 0 Å². The zero-order valence-corrected chi connectivity index (χ0v) is 8.93. The molecule has 0 aromatic heterocycles. The molecule has 1 heterocycles. The van der Waals surface area contributed by atoms with Gasteiger partial charge in [0.15, 0.2) is 0 Å². The molecule has 0 bridgehead atoms. The SMILES string of the molecule is CC(C)(C)C1CCN(CC(=N)N)C1. The third kappa shape index (κ3) is 2.99. The average Bonchev–Trinajstić information content (AvgIpc) is 2.32. The van der Waals surface area contributed by atoms with Crippen molar-refractivity contribution in [1.29, 1.82) is 5.41 Å². The molecule has 1 aliphatic heterocycles. The van der Waals surface area contributed by atoms with Gasteiger partial charge >= 0.3 is 0 Å². The van der Waals surface area contributed by atoms with Gasteiger partial charge in [0.2, 0.25) is 0 Å². The van der Waals surface area contributed by atoms with Crippen LogP contribution in [-0.4, -0.2) is 30.4 Å². The summed E-state index contributed by atoms with van der Waals surface area (Å²) < 4.78 is 0. The lowest BCUT2D eigenvalue weighted by Gasteiger charge is -2.26. The zero-order valence-electron chi connectivity index (χ0n) is 8.93. The molecule has 3 heteroatoms. The molecular formula is C10H21N3. The fourth-order valence-corrected chi connectivity index (χ4v) is 1.92. The van der Waals surface area contributed by atoms with E-state index in [1.807, 2.05) is 0 Å². The van der Waals surface area contributed by atoms with Gasteiger partial charge in [0.1, 0.15) is 5.84 Å². The lowest BCUT2D eigenvalue weighted by atomic mass is 9.80. The Hall–Kier alpha value is -0.570. The topological polar surface area (TPSA) is 53.1 Å². The minimum absolute atomic E-state index is 0.287. The normalized spacial score (nSPS) is 25.0. The van der Waals surface area contributed by atoms with Gasteiger partial charge in [-0.3, -0.25) is 10.3 Å². The van der Waals surface area contributed by atoms with Crippen LogP contribution in [0, 0.1) is 16.7 Å². The van der Waals surface area contributed by atoms with E-state index in [-0.39, 0.29) is 5.84 Å². The van der Waals surface area contributed by atoms with Gasteiger partial charge in [0.05, 0.1) is 6.54 Å². The highest BCUT2D eigenvalue weighted by atomic mass is 15.2. The van der Waals surface area contributed by atoms with Crippen LogP contribution in [0.5, 0.6) is 0 Å². The Kier molecular flexibility index (Phi) is 2.96. The van der Waals surface area contributed by atoms with E-state index in [1.54, 1.807) is 0 Å².